The van der Waals surface area contributed by atoms with E-state index in [2.05, 4.69) is 44.8 Å². The van der Waals surface area contributed by atoms with E-state index in [0.717, 1.165) is 12.8 Å². The van der Waals surface area contributed by atoms with E-state index in [9.17, 15) is 0 Å². The molecule has 1 aromatic rings. The van der Waals surface area contributed by atoms with Gasteiger partial charge in [-0.3, -0.25) is 0 Å². The van der Waals surface area contributed by atoms with Crippen LogP contribution in [0.3, 0.4) is 0 Å². The van der Waals surface area contributed by atoms with Crippen molar-refractivity contribution in [3.05, 3.63) is 11.7 Å². The molecule has 0 bridgehead atoms. The fourth-order valence-electron chi connectivity index (χ4n) is 2.70. The van der Waals surface area contributed by atoms with E-state index in [0.29, 0.717) is 23.6 Å². The van der Waals surface area contributed by atoms with Crippen molar-refractivity contribution in [1.29, 1.82) is 0 Å². The summed E-state index contributed by atoms with van der Waals surface area (Å²) in [5.74, 6) is 2.39. The monoisotopic (exact) mass is 251 g/mol. The quantitative estimate of drug-likeness (QED) is 0.833. The molecule has 0 amide bonds. The van der Waals surface area contributed by atoms with Gasteiger partial charge in [0.25, 0.3) is 0 Å². The van der Waals surface area contributed by atoms with Crippen molar-refractivity contribution in [3.63, 3.8) is 0 Å². The Morgan fingerprint density at radius 2 is 1.94 bits per heavy atom. The van der Waals surface area contributed by atoms with Crippen LogP contribution in [0, 0.1) is 11.8 Å². The summed E-state index contributed by atoms with van der Waals surface area (Å²) in [7, 11) is 0. The van der Waals surface area contributed by atoms with Crippen LogP contribution in [-0.4, -0.2) is 10.1 Å². The minimum absolute atomic E-state index is 0.120. The Balaban J connectivity index is 2.32. The summed E-state index contributed by atoms with van der Waals surface area (Å²) in [5, 5.41) is 4.15. The zero-order valence-electron chi connectivity index (χ0n) is 12.2. The molecule has 4 heteroatoms. The van der Waals surface area contributed by atoms with Gasteiger partial charge in [0, 0.05) is 5.41 Å². The molecule has 0 aromatic carbocycles. The van der Waals surface area contributed by atoms with Crippen molar-refractivity contribution in [2.24, 2.45) is 17.6 Å². The topological polar surface area (TPSA) is 64.9 Å². The molecule has 0 radical (unpaired) electrons. The van der Waals surface area contributed by atoms with Crippen LogP contribution >= 0.6 is 0 Å². The molecule has 102 valence electrons. The second-order valence-corrected chi connectivity index (χ2v) is 7.00. The van der Waals surface area contributed by atoms with Gasteiger partial charge in [-0.2, -0.15) is 4.98 Å². The first kappa shape index (κ1) is 13.5. The summed E-state index contributed by atoms with van der Waals surface area (Å²) >= 11 is 0. The summed E-state index contributed by atoms with van der Waals surface area (Å²) in [6.45, 7) is 10.7. The molecule has 0 saturated heterocycles. The van der Waals surface area contributed by atoms with Crippen LogP contribution < -0.4 is 5.73 Å². The Morgan fingerprint density at radius 1 is 1.28 bits per heavy atom. The Kier molecular flexibility index (Phi) is 3.26. The average molecular weight is 251 g/mol. The largest absolute Gasteiger partial charge is 0.339 e. The van der Waals surface area contributed by atoms with Gasteiger partial charge in [0.15, 0.2) is 5.82 Å². The van der Waals surface area contributed by atoms with Crippen LogP contribution in [0.25, 0.3) is 0 Å². The van der Waals surface area contributed by atoms with Gasteiger partial charge in [-0.15, -0.1) is 0 Å². The lowest BCUT2D eigenvalue weighted by molar-refractivity contribution is 0.149. The van der Waals surface area contributed by atoms with E-state index < -0.39 is 5.54 Å². The molecular formula is C14H25N3O. The maximum atomic E-state index is 6.59. The highest BCUT2D eigenvalue weighted by molar-refractivity contribution is 5.10. The minimum atomic E-state index is -0.426. The predicted molar refractivity (Wildman–Crippen MR) is 71.0 cm³/mol. The highest BCUT2D eigenvalue weighted by atomic mass is 16.5. The predicted octanol–water partition coefficient (Wildman–Crippen LogP) is 2.98. The van der Waals surface area contributed by atoms with Gasteiger partial charge in [0.1, 0.15) is 0 Å². The maximum absolute atomic E-state index is 6.59. The van der Waals surface area contributed by atoms with E-state index >= 15 is 0 Å². The third-order valence-electron chi connectivity index (χ3n) is 4.14. The SMILES string of the molecule is CC1CCC(C)C(N)(c2noc(C(C)(C)C)n2)C1. The van der Waals surface area contributed by atoms with Crippen LogP contribution in [0.4, 0.5) is 0 Å². The molecule has 2 rings (SSSR count). The summed E-state index contributed by atoms with van der Waals surface area (Å²) in [5.41, 5.74) is 6.04. The normalized spacial score (nSPS) is 33.7. The zero-order valence-corrected chi connectivity index (χ0v) is 12.2. The molecule has 1 heterocycles. The van der Waals surface area contributed by atoms with E-state index in [4.69, 9.17) is 10.3 Å². The molecule has 1 aromatic heterocycles. The van der Waals surface area contributed by atoms with Crippen molar-refractivity contribution in [2.75, 3.05) is 0 Å². The van der Waals surface area contributed by atoms with Crippen LogP contribution in [0.2, 0.25) is 0 Å². The molecule has 18 heavy (non-hydrogen) atoms. The molecule has 1 saturated carbocycles. The van der Waals surface area contributed by atoms with Crippen molar-refractivity contribution in [2.45, 2.75) is 64.8 Å². The second-order valence-electron chi connectivity index (χ2n) is 7.00. The Hall–Kier alpha value is -0.900. The maximum Gasteiger partial charge on any atom is 0.232 e. The lowest BCUT2D eigenvalue weighted by Crippen LogP contribution is -2.48. The van der Waals surface area contributed by atoms with Crippen molar-refractivity contribution < 1.29 is 4.52 Å². The number of aromatic nitrogens is 2. The van der Waals surface area contributed by atoms with Gasteiger partial charge in [-0.1, -0.05) is 46.2 Å². The number of nitrogens with zero attached hydrogens (tertiary/aromatic N) is 2. The van der Waals surface area contributed by atoms with Gasteiger partial charge in [-0.05, 0) is 24.7 Å². The Bertz CT molecular complexity index is 421. The minimum Gasteiger partial charge on any atom is -0.339 e. The standard InChI is InChI=1S/C14H25N3O/c1-9-6-7-10(2)14(15,8-9)11-16-12(18-17-11)13(3,4)5/h9-10H,6-8,15H2,1-5H3. The molecule has 2 N–H and O–H groups in total. The highest BCUT2D eigenvalue weighted by Gasteiger charge is 2.43. The van der Waals surface area contributed by atoms with E-state index in [1.807, 2.05) is 0 Å². The lowest BCUT2D eigenvalue weighted by Gasteiger charge is -2.39. The molecule has 1 fully saturated rings. The van der Waals surface area contributed by atoms with Crippen LogP contribution in [0.15, 0.2) is 4.52 Å². The Labute approximate surface area is 109 Å². The van der Waals surface area contributed by atoms with Crippen LogP contribution in [0.1, 0.15) is 65.6 Å². The lowest BCUT2D eigenvalue weighted by atomic mass is 9.70. The fourth-order valence-corrected chi connectivity index (χ4v) is 2.70. The number of rotatable bonds is 1. The molecule has 1 aliphatic carbocycles. The molecular weight excluding hydrogens is 226 g/mol. The third kappa shape index (κ3) is 2.30. The first-order valence-corrected chi connectivity index (χ1v) is 6.87. The molecule has 3 unspecified atom stereocenters. The van der Waals surface area contributed by atoms with E-state index in [1.54, 1.807) is 0 Å². The van der Waals surface area contributed by atoms with Crippen molar-refractivity contribution in [1.82, 2.24) is 10.1 Å². The number of hydrogen-bond acceptors (Lipinski definition) is 4. The van der Waals surface area contributed by atoms with Gasteiger partial charge < -0.3 is 10.3 Å². The van der Waals surface area contributed by atoms with Crippen molar-refractivity contribution >= 4 is 0 Å². The summed E-state index contributed by atoms with van der Waals surface area (Å²) in [4.78, 5) is 4.56. The van der Waals surface area contributed by atoms with E-state index in [-0.39, 0.29) is 5.41 Å². The zero-order chi connectivity index (χ0) is 13.6. The molecule has 3 atom stereocenters. The highest BCUT2D eigenvalue weighted by Crippen LogP contribution is 2.41. The number of nitrogens with two attached hydrogens (primary N) is 1. The first-order valence-electron chi connectivity index (χ1n) is 6.87. The molecule has 0 aliphatic heterocycles. The smallest absolute Gasteiger partial charge is 0.232 e. The Morgan fingerprint density at radius 3 is 2.50 bits per heavy atom. The van der Waals surface area contributed by atoms with Crippen molar-refractivity contribution in [3.8, 4) is 0 Å². The van der Waals surface area contributed by atoms with Crippen LogP contribution in [0.5, 0.6) is 0 Å². The first-order chi connectivity index (χ1) is 8.23. The molecule has 1 aliphatic rings. The third-order valence-corrected chi connectivity index (χ3v) is 4.14. The summed E-state index contributed by atoms with van der Waals surface area (Å²) in [6, 6.07) is 0. The molecule has 4 nitrogen and oxygen atoms in total. The number of hydrogen-bond donors (Lipinski definition) is 1. The second kappa shape index (κ2) is 4.34. The van der Waals surface area contributed by atoms with Gasteiger partial charge >= 0.3 is 0 Å². The van der Waals surface area contributed by atoms with E-state index in [1.165, 1.54) is 6.42 Å². The van der Waals surface area contributed by atoms with Gasteiger partial charge in [-0.25, -0.2) is 0 Å². The molecule has 0 spiro atoms. The fraction of sp³-hybridized carbons (Fsp3) is 0.857. The van der Waals surface area contributed by atoms with Crippen LogP contribution in [-0.2, 0) is 11.0 Å². The summed E-state index contributed by atoms with van der Waals surface area (Å²) < 4.78 is 5.39. The average Bonchev–Trinajstić information content (AvgIpc) is 2.73. The van der Waals surface area contributed by atoms with Gasteiger partial charge in [0.2, 0.25) is 5.89 Å². The summed E-state index contributed by atoms with van der Waals surface area (Å²) in [6.07, 6.45) is 3.32. The van der Waals surface area contributed by atoms with Gasteiger partial charge in [0.05, 0.1) is 5.54 Å².